The van der Waals surface area contributed by atoms with Crippen molar-refractivity contribution in [2.75, 3.05) is 31.5 Å². The van der Waals surface area contributed by atoms with Crippen molar-refractivity contribution >= 4 is 11.6 Å². The molecule has 5 heteroatoms. The van der Waals surface area contributed by atoms with E-state index in [1.54, 1.807) is 4.90 Å². The molecule has 1 aliphatic heterocycles. The summed E-state index contributed by atoms with van der Waals surface area (Å²) in [6.45, 7) is 7.86. The number of hydrogen-bond acceptors (Lipinski definition) is 4. The Bertz CT molecular complexity index is 891. The highest BCUT2D eigenvalue weighted by Gasteiger charge is 2.23. The van der Waals surface area contributed by atoms with Crippen molar-refractivity contribution in [1.29, 1.82) is 5.26 Å². The fourth-order valence-electron chi connectivity index (χ4n) is 3.25. The standard InChI is InChI=1S/C23H26N4O/c1-18-8-9-22(14-19(18)2)25-16-21(15-24)23(28)27-12-10-26(11-13-27)17-20-6-4-3-5-7-20/h3-9,14,16,25H,10-13,17H2,1-2H3/b21-16-. The van der Waals surface area contributed by atoms with Crippen LogP contribution in [0.4, 0.5) is 5.69 Å². The number of piperazine rings is 1. The average Bonchev–Trinajstić information content (AvgIpc) is 2.72. The molecule has 0 saturated carbocycles. The molecule has 0 spiro atoms. The molecule has 1 heterocycles. The van der Waals surface area contributed by atoms with Gasteiger partial charge in [-0.3, -0.25) is 9.69 Å². The van der Waals surface area contributed by atoms with Crippen molar-refractivity contribution in [3.05, 3.63) is 77.0 Å². The van der Waals surface area contributed by atoms with Crippen LogP contribution in [0.1, 0.15) is 16.7 Å². The second kappa shape index (κ2) is 9.20. The molecule has 1 fully saturated rings. The van der Waals surface area contributed by atoms with Gasteiger partial charge in [0.15, 0.2) is 0 Å². The summed E-state index contributed by atoms with van der Waals surface area (Å²) in [6, 6.07) is 18.3. The van der Waals surface area contributed by atoms with Crippen molar-refractivity contribution < 1.29 is 4.79 Å². The van der Waals surface area contributed by atoms with Gasteiger partial charge in [0, 0.05) is 44.6 Å². The lowest BCUT2D eigenvalue weighted by atomic mass is 10.1. The van der Waals surface area contributed by atoms with Gasteiger partial charge in [0.05, 0.1) is 0 Å². The van der Waals surface area contributed by atoms with Crippen LogP contribution in [0.3, 0.4) is 0 Å². The Balaban J connectivity index is 1.56. The third-order valence-electron chi connectivity index (χ3n) is 5.15. The quantitative estimate of drug-likeness (QED) is 0.643. The van der Waals surface area contributed by atoms with E-state index in [-0.39, 0.29) is 11.5 Å². The molecule has 1 amide bonds. The molecular formula is C23H26N4O. The maximum atomic E-state index is 12.7. The fourth-order valence-corrected chi connectivity index (χ4v) is 3.25. The Hall–Kier alpha value is -3.10. The topological polar surface area (TPSA) is 59.4 Å². The van der Waals surface area contributed by atoms with E-state index in [0.29, 0.717) is 13.1 Å². The maximum absolute atomic E-state index is 12.7. The van der Waals surface area contributed by atoms with Crippen molar-refractivity contribution in [2.24, 2.45) is 0 Å². The van der Waals surface area contributed by atoms with E-state index >= 15 is 0 Å². The summed E-state index contributed by atoms with van der Waals surface area (Å²) in [6.07, 6.45) is 1.52. The Labute approximate surface area is 166 Å². The van der Waals surface area contributed by atoms with E-state index in [4.69, 9.17) is 0 Å². The molecule has 1 N–H and O–H groups in total. The van der Waals surface area contributed by atoms with Crippen LogP contribution in [0.5, 0.6) is 0 Å². The van der Waals surface area contributed by atoms with Crippen LogP contribution in [0.2, 0.25) is 0 Å². The summed E-state index contributed by atoms with van der Waals surface area (Å²) >= 11 is 0. The highest BCUT2D eigenvalue weighted by Crippen LogP contribution is 2.15. The van der Waals surface area contributed by atoms with Crippen molar-refractivity contribution in [2.45, 2.75) is 20.4 Å². The predicted molar refractivity (Wildman–Crippen MR) is 112 cm³/mol. The van der Waals surface area contributed by atoms with Crippen LogP contribution in [0, 0.1) is 25.2 Å². The highest BCUT2D eigenvalue weighted by molar-refractivity contribution is 5.97. The second-order valence-corrected chi connectivity index (χ2v) is 7.17. The summed E-state index contributed by atoms with van der Waals surface area (Å²) in [5.74, 6) is -0.210. The van der Waals surface area contributed by atoms with Crippen LogP contribution >= 0.6 is 0 Å². The van der Waals surface area contributed by atoms with Gasteiger partial charge >= 0.3 is 0 Å². The number of amides is 1. The molecule has 0 radical (unpaired) electrons. The predicted octanol–water partition coefficient (Wildman–Crippen LogP) is 3.47. The second-order valence-electron chi connectivity index (χ2n) is 7.17. The molecule has 28 heavy (non-hydrogen) atoms. The molecule has 1 saturated heterocycles. The lowest BCUT2D eigenvalue weighted by Gasteiger charge is -2.34. The van der Waals surface area contributed by atoms with E-state index in [0.717, 1.165) is 30.9 Å². The van der Waals surface area contributed by atoms with E-state index in [9.17, 15) is 10.1 Å². The molecule has 0 aromatic heterocycles. The molecule has 2 aromatic rings. The van der Waals surface area contributed by atoms with Gasteiger partial charge in [-0.2, -0.15) is 5.26 Å². The molecule has 144 valence electrons. The summed E-state index contributed by atoms with van der Waals surface area (Å²) in [4.78, 5) is 16.8. The number of benzene rings is 2. The van der Waals surface area contributed by atoms with Gasteiger partial charge < -0.3 is 10.2 Å². The number of carbonyl (C=O) groups is 1. The lowest BCUT2D eigenvalue weighted by Crippen LogP contribution is -2.48. The maximum Gasteiger partial charge on any atom is 0.266 e. The lowest BCUT2D eigenvalue weighted by molar-refractivity contribution is -0.128. The van der Waals surface area contributed by atoms with Crippen LogP contribution in [0.25, 0.3) is 0 Å². The van der Waals surface area contributed by atoms with Gasteiger partial charge in [-0.05, 0) is 42.7 Å². The first-order valence-corrected chi connectivity index (χ1v) is 9.56. The molecule has 2 aromatic carbocycles. The molecule has 1 aliphatic rings. The first kappa shape index (κ1) is 19.7. The van der Waals surface area contributed by atoms with Gasteiger partial charge in [-0.25, -0.2) is 0 Å². The van der Waals surface area contributed by atoms with Crippen LogP contribution in [-0.4, -0.2) is 41.9 Å². The number of nitrogens with one attached hydrogen (secondary N) is 1. The van der Waals surface area contributed by atoms with Crippen LogP contribution < -0.4 is 5.32 Å². The van der Waals surface area contributed by atoms with Gasteiger partial charge in [0.1, 0.15) is 11.6 Å². The molecular weight excluding hydrogens is 348 g/mol. The number of rotatable bonds is 5. The first-order chi connectivity index (χ1) is 13.6. The zero-order valence-corrected chi connectivity index (χ0v) is 16.5. The van der Waals surface area contributed by atoms with E-state index in [2.05, 4.69) is 29.3 Å². The largest absolute Gasteiger partial charge is 0.360 e. The van der Waals surface area contributed by atoms with Crippen molar-refractivity contribution in [3.63, 3.8) is 0 Å². The SMILES string of the molecule is Cc1ccc(N/C=C(/C#N)C(=O)N2CCN(Cc3ccccc3)CC2)cc1C. The molecule has 0 unspecified atom stereocenters. The van der Waals surface area contributed by atoms with E-state index in [1.165, 1.54) is 17.3 Å². The molecule has 0 aliphatic carbocycles. The number of nitriles is 1. The monoisotopic (exact) mass is 374 g/mol. The van der Waals surface area contributed by atoms with E-state index < -0.39 is 0 Å². The Morgan fingerprint density at radius 2 is 1.79 bits per heavy atom. The summed E-state index contributed by atoms with van der Waals surface area (Å²) in [5.41, 5.74) is 4.65. The smallest absolute Gasteiger partial charge is 0.266 e. The molecule has 0 bridgehead atoms. The molecule has 3 rings (SSSR count). The third kappa shape index (κ3) is 4.99. The summed E-state index contributed by atoms with van der Waals surface area (Å²) in [5, 5.41) is 12.5. The number of aryl methyl sites for hydroxylation is 2. The van der Waals surface area contributed by atoms with Crippen LogP contribution in [0.15, 0.2) is 60.3 Å². The highest BCUT2D eigenvalue weighted by atomic mass is 16.2. The van der Waals surface area contributed by atoms with E-state index in [1.807, 2.05) is 49.4 Å². The Kier molecular flexibility index (Phi) is 6.46. The normalized spacial score (nSPS) is 15.2. The fraction of sp³-hybridized carbons (Fsp3) is 0.304. The zero-order valence-electron chi connectivity index (χ0n) is 16.5. The third-order valence-corrected chi connectivity index (χ3v) is 5.15. The van der Waals surface area contributed by atoms with Gasteiger partial charge in [0.25, 0.3) is 5.91 Å². The average molecular weight is 374 g/mol. The summed E-state index contributed by atoms with van der Waals surface area (Å²) < 4.78 is 0. The first-order valence-electron chi connectivity index (χ1n) is 9.56. The zero-order chi connectivity index (χ0) is 19.9. The van der Waals surface area contributed by atoms with Crippen molar-refractivity contribution in [3.8, 4) is 6.07 Å². The Morgan fingerprint density at radius 3 is 2.43 bits per heavy atom. The minimum atomic E-state index is -0.210. The minimum absolute atomic E-state index is 0.134. The van der Waals surface area contributed by atoms with Gasteiger partial charge in [0.2, 0.25) is 0 Å². The van der Waals surface area contributed by atoms with Crippen molar-refractivity contribution in [1.82, 2.24) is 9.80 Å². The number of anilines is 1. The number of carbonyl (C=O) groups excluding carboxylic acids is 1. The molecule has 0 atom stereocenters. The molecule has 5 nitrogen and oxygen atoms in total. The Morgan fingerprint density at radius 1 is 1.07 bits per heavy atom. The number of nitrogens with zero attached hydrogens (tertiary/aromatic N) is 3. The van der Waals surface area contributed by atoms with Gasteiger partial charge in [-0.1, -0.05) is 36.4 Å². The number of hydrogen-bond donors (Lipinski definition) is 1. The summed E-state index contributed by atoms with van der Waals surface area (Å²) in [7, 11) is 0. The van der Waals surface area contributed by atoms with Crippen LogP contribution in [-0.2, 0) is 11.3 Å². The minimum Gasteiger partial charge on any atom is -0.360 e. The van der Waals surface area contributed by atoms with Gasteiger partial charge in [-0.15, -0.1) is 0 Å².